The van der Waals surface area contributed by atoms with E-state index in [0.29, 0.717) is 0 Å². The molecule has 0 aliphatic heterocycles. The lowest BCUT2D eigenvalue weighted by Gasteiger charge is -2.45. The summed E-state index contributed by atoms with van der Waals surface area (Å²) in [7, 11) is 0. The minimum atomic E-state index is -7.99. The maximum Gasteiger partial charge on any atom is 0.198 e. The fraction of sp³-hybridized carbons (Fsp3) is 0.231. The topological polar surface area (TPSA) is 4.44 Å². The van der Waals surface area contributed by atoms with Crippen LogP contribution in [0.2, 0.25) is 0 Å². The normalized spacial score (nSPS) is 12.1. The highest BCUT2D eigenvalue weighted by Crippen LogP contribution is 2.41. The Balaban J connectivity index is 0.000000662. The Hall–Kier alpha value is -7.14. The molecule has 0 saturated carbocycles. The van der Waals surface area contributed by atoms with E-state index in [1.165, 1.54) is 58.2 Å². The second kappa shape index (κ2) is 22.9. The Bertz CT molecular complexity index is 3500. The molecule has 0 aliphatic carbocycles. The number of quaternary nitrogens is 1. The highest BCUT2D eigenvalue weighted by Gasteiger charge is 2.52. The fourth-order valence-corrected chi connectivity index (χ4v) is 10.1. The van der Waals surface area contributed by atoms with Gasteiger partial charge in [0.25, 0.3) is 0 Å². The van der Waals surface area contributed by atoms with Gasteiger partial charge in [-0.1, -0.05) is 40.0 Å². The van der Waals surface area contributed by atoms with E-state index < -0.39 is 234 Å². The lowest BCUT2D eigenvalue weighted by Crippen LogP contribution is -3.12. The molecule has 0 atom stereocenters. The quantitative estimate of drug-likeness (QED) is 0.0508. The maximum atomic E-state index is 17.4. The molecule has 0 spiro atoms. The summed E-state index contributed by atoms with van der Waals surface area (Å²) in [5, 5.41) is -25.0. The molecular formula is C52H28BF28N. The minimum Gasteiger partial charge on any atom is -0.335 e. The molecule has 0 radical (unpaired) electrons. The molecule has 8 aromatic carbocycles. The summed E-state index contributed by atoms with van der Waals surface area (Å²) < 4.78 is 442. The molecule has 30 heteroatoms. The second-order valence-electron chi connectivity index (χ2n) is 18.4. The van der Waals surface area contributed by atoms with Gasteiger partial charge in [-0.25, -0.2) is 123 Å². The maximum absolute atomic E-state index is 17.4. The van der Waals surface area contributed by atoms with Crippen molar-refractivity contribution in [3.05, 3.63) is 163 Å². The van der Waals surface area contributed by atoms with Gasteiger partial charge in [0.2, 0.25) is 0 Å². The van der Waals surface area contributed by atoms with Crippen LogP contribution in [0, 0.1) is 163 Å². The third-order valence-electron chi connectivity index (χ3n) is 13.9. The van der Waals surface area contributed by atoms with Crippen LogP contribution in [0.5, 0.6) is 0 Å². The molecule has 0 aliphatic rings. The van der Waals surface area contributed by atoms with Crippen LogP contribution in [0.4, 0.5) is 123 Å². The van der Waals surface area contributed by atoms with Crippen molar-refractivity contribution >= 4 is 71.1 Å². The first-order valence-corrected chi connectivity index (χ1v) is 23.6. The molecule has 0 saturated heterocycles. The van der Waals surface area contributed by atoms with Crippen LogP contribution in [0.1, 0.15) is 59.3 Å². The average Bonchev–Trinajstić information content (AvgIpc) is 3.24. The van der Waals surface area contributed by atoms with Crippen molar-refractivity contribution in [1.29, 1.82) is 0 Å². The van der Waals surface area contributed by atoms with E-state index in [0.717, 1.165) is 0 Å². The van der Waals surface area contributed by atoms with E-state index in [-0.39, 0.29) is 0 Å². The molecule has 0 bridgehead atoms. The zero-order valence-electron chi connectivity index (χ0n) is 41.0. The number of unbranched alkanes of at least 4 members (excludes halogenated alkanes) is 3. The predicted octanol–water partition coefficient (Wildman–Crippen LogP) is 13.8. The van der Waals surface area contributed by atoms with Crippen LogP contribution < -0.4 is 26.8 Å². The van der Waals surface area contributed by atoms with Gasteiger partial charge in [0.15, 0.2) is 116 Å². The van der Waals surface area contributed by atoms with Crippen LogP contribution >= 0.6 is 0 Å². The molecule has 82 heavy (non-hydrogen) atoms. The van der Waals surface area contributed by atoms with Crippen LogP contribution in [-0.2, 0) is 0 Å². The molecule has 8 aromatic rings. The van der Waals surface area contributed by atoms with Gasteiger partial charge >= 0.3 is 0 Å². The summed E-state index contributed by atoms with van der Waals surface area (Å²) in [4.78, 5) is 1.84. The highest BCUT2D eigenvalue weighted by molar-refractivity contribution is 7.20. The predicted molar refractivity (Wildman–Crippen MR) is 239 cm³/mol. The minimum absolute atomic E-state index is 1.35. The Morgan fingerprint density at radius 2 is 0.329 bits per heavy atom. The lowest BCUT2D eigenvalue weighted by atomic mass is 9.12. The summed E-state index contributed by atoms with van der Waals surface area (Å²) in [6, 6.07) is 0. The SMILES string of the molecule is CCCC[NH+](CCCC)CCCC.Fc1c(F)c(F)c2c(F)c([B-](c3c(F)c(F)c4c(F)c(F)c(F)c(F)c4c3F)(c3c(F)c(F)c4c(F)c(F)c(F)c(F)c4c3F)c3c(F)c(F)c4c(F)c(F)c(F)c(F)c4c3F)c(F)c(F)c2c1F. The first kappa shape index (κ1) is 62.5. The molecule has 0 heterocycles. The molecular weight excluding hydrogens is 1180 g/mol. The van der Waals surface area contributed by atoms with Crippen molar-refractivity contribution in [2.75, 3.05) is 19.6 Å². The molecule has 8 rings (SSSR count). The number of nitrogens with one attached hydrogen (secondary N) is 1. The monoisotopic (exact) mass is 1210 g/mol. The Labute approximate surface area is 440 Å². The second-order valence-corrected chi connectivity index (χ2v) is 18.4. The van der Waals surface area contributed by atoms with Gasteiger partial charge in [-0.2, -0.15) is 0 Å². The van der Waals surface area contributed by atoms with Crippen molar-refractivity contribution in [2.24, 2.45) is 0 Å². The number of hydrogen-bond donors (Lipinski definition) is 1. The molecule has 0 fully saturated rings. The van der Waals surface area contributed by atoms with Gasteiger partial charge in [0.05, 0.1) is 62.7 Å². The molecule has 0 amide bonds. The van der Waals surface area contributed by atoms with E-state index in [1.54, 1.807) is 0 Å². The highest BCUT2D eigenvalue weighted by atomic mass is 19.2. The Kier molecular flexibility index (Phi) is 17.4. The standard InChI is InChI=1S/C40BF28.C12H27N/c42-13-1-5(25(54)37(66)33(62)21(1)50)17(46)29(58)9(13)41(10-14(43)2-6(18(47)30(10)59)26(55)38(67)34(63)22(2)51,11-15(44)3-7(19(48)31(11)60)27(56)39(68)35(64)23(3)52)12-16(45)4-8(20(49)32(12)61)28(57)40(69)36(65)24(4)53;1-4-7-10-13(11-8-5-2)12-9-6-3/h;4-12H2,1-3H3/q-1;/p+1. The van der Waals surface area contributed by atoms with Crippen LogP contribution in [0.15, 0.2) is 0 Å². The summed E-state index contributed by atoms with van der Waals surface area (Å²) >= 11 is 0. The lowest BCUT2D eigenvalue weighted by molar-refractivity contribution is -0.900. The van der Waals surface area contributed by atoms with Crippen molar-refractivity contribution in [1.82, 2.24) is 0 Å². The van der Waals surface area contributed by atoms with E-state index in [2.05, 4.69) is 20.8 Å². The number of fused-ring (bicyclic) bond motifs is 4. The molecule has 0 unspecified atom stereocenters. The van der Waals surface area contributed by atoms with E-state index in [1.807, 2.05) is 4.90 Å². The van der Waals surface area contributed by atoms with Gasteiger partial charge in [0.1, 0.15) is 52.7 Å². The van der Waals surface area contributed by atoms with E-state index in [4.69, 9.17) is 0 Å². The summed E-state index contributed by atoms with van der Waals surface area (Å²) in [5.41, 5.74) is -15.9. The number of rotatable bonds is 13. The van der Waals surface area contributed by atoms with E-state index >= 15 is 87.8 Å². The van der Waals surface area contributed by atoms with Gasteiger partial charge in [0, 0.05) is 0 Å². The van der Waals surface area contributed by atoms with Gasteiger partial charge in [-0.15, -0.1) is 21.9 Å². The third-order valence-corrected chi connectivity index (χ3v) is 13.9. The zero-order valence-corrected chi connectivity index (χ0v) is 41.0. The van der Waals surface area contributed by atoms with Gasteiger partial charge in [-0.05, 0) is 19.3 Å². The number of benzene rings is 8. The third kappa shape index (κ3) is 8.97. The van der Waals surface area contributed by atoms with Crippen molar-refractivity contribution in [3.63, 3.8) is 0 Å². The average molecular weight is 1210 g/mol. The van der Waals surface area contributed by atoms with Crippen LogP contribution in [0.25, 0.3) is 43.1 Å². The molecule has 0 aromatic heterocycles. The van der Waals surface area contributed by atoms with E-state index in [9.17, 15) is 35.1 Å². The van der Waals surface area contributed by atoms with Gasteiger partial charge in [-0.3, -0.25) is 0 Å². The Morgan fingerprint density at radius 1 is 0.195 bits per heavy atom. The number of hydrogen-bond acceptors (Lipinski definition) is 0. The first-order valence-electron chi connectivity index (χ1n) is 23.6. The zero-order chi connectivity index (χ0) is 61.5. The smallest absolute Gasteiger partial charge is 0.198 e. The Morgan fingerprint density at radius 3 is 0.476 bits per heavy atom. The van der Waals surface area contributed by atoms with Crippen molar-refractivity contribution < 1.29 is 128 Å². The van der Waals surface area contributed by atoms with Crippen molar-refractivity contribution in [3.8, 4) is 0 Å². The molecule has 1 nitrogen and oxygen atoms in total. The molecule has 440 valence electrons. The largest absolute Gasteiger partial charge is 0.335 e. The summed E-state index contributed by atoms with van der Waals surface area (Å²) in [6.45, 7) is 11.1. The van der Waals surface area contributed by atoms with Gasteiger partial charge < -0.3 is 4.90 Å². The summed E-state index contributed by atoms with van der Waals surface area (Å²) in [5.74, 6) is -102. The van der Waals surface area contributed by atoms with Crippen LogP contribution in [-0.4, -0.2) is 25.8 Å². The first-order chi connectivity index (χ1) is 38.3. The fourth-order valence-electron chi connectivity index (χ4n) is 10.1. The van der Waals surface area contributed by atoms with Crippen molar-refractivity contribution in [2.45, 2.75) is 59.3 Å². The summed E-state index contributed by atoms with van der Waals surface area (Å²) in [6.07, 6.45) is 0.277. The van der Waals surface area contributed by atoms with Crippen LogP contribution in [0.3, 0.4) is 0 Å². The molecule has 1 N–H and O–H groups in total. The number of halogens is 28.